The number of likely N-dealkylation sites (tertiary alicyclic amines) is 1. The molecule has 2 aromatic rings. The monoisotopic (exact) mass is 455 g/mol. The molecule has 1 aromatic heterocycles. The standard InChI is InChI=1S/C23H26ClN5O3/c1-16-5-6-17(14-20(16)24)26-23(32)27-10-7-19(8-11-27)29-13-12-28(21(30)22(29)31)15-18-4-2-3-9-25-18/h2-6,9,14,19H,7-8,10-13,15H2,1H3,(H,26,32). The molecule has 0 spiro atoms. The van der Waals surface area contributed by atoms with Crippen molar-refractivity contribution < 1.29 is 14.4 Å². The molecule has 0 bridgehead atoms. The lowest BCUT2D eigenvalue weighted by Gasteiger charge is -2.42. The predicted molar refractivity (Wildman–Crippen MR) is 121 cm³/mol. The van der Waals surface area contributed by atoms with Crippen LogP contribution in [-0.2, 0) is 16.1 Å². The van der Waals surface area contributed by atoms with Crippen LogP contribution in [0, 0.1) is 6.92 Å². The van der Waals surface area contributed by atoms with Crippen molar-refractivity contribution in [2.24, 2.45) is 0 Å². The maximum Gasteiger partial charge on any atom is 0.321 e. The van der Waals surface area contributed by atoms with Crippen molar-refractivity contribution in [3.63, 3.8) is 0 Å². The zero-order chi connectivity index (χ0) is 22.7. The van der Waals surface area contributed by atoms with Gasteiger partial charge in [-0.3, -0.25) is 14.6 Å². The number of hydrogen-bond acceptors (Lipinski definition) is 4. The van der Waals surface area contributed by atoms with Gasteiger partial charge in [-0.1, -0.05) is 23.7 Å². The number of anilines is 1. The number of nitrogens with zero attached hydrogens (tertiary/aromatic N) is 4. The van der Waals surface area contributed by atoms with Crippen LogP contribution in [0.3, 0.4) is 0 Å². The smallest absolute Gasteiger partial charge is 0.321 e. The summed E-state index contributed by atoms with van der Waals surface area (Å²) in [6, 6.07) is 10.7. The van der Waals surface area contributed by atoms with Crippen molar-refractivity contribution in [2.45, 2.75) is 32.4 Å². The van der Waals surface area contributed by atoms with Crippen molar-refractivity contribution in [1.82, 2.24) is 19.7 Å². The first kappa shape index (κ1) is 22.1. The first-order chi connectivity index (χ1) is 15.4. The highest BCUT2D eigenvalue weighted by Crippen LogP contribution is 2.23. The molecule has 2 saturated heterocycles. The van der Waals surface area contributed by atoms with E-state index in [2.05, 4.69) is 10.3 Å². The number of halogens is 1. The van der Waals surface area contributed by atoms with Crippen molar-refractivity contribution >= 4 is 35.1 Å². The van der Waals surface area contributed by atoms with Crippen LogP contribution in [-0.4, -0.2) is 69.8 Å². The van der Waals surface area contributed by atoms with Crippen molar-refractivity contribution in [3.8, 4) is 0 Å². The number of aryl methyl sites for hydroxylation is 1. The van der Waals surface area contributed by atoms with E-state index in [0.29, 0.717) is 56.3 Å². The van der Waals surface area contributed by atoms with Gasteiger partial charge >= 0.3 is 17.8 Å². The molecule has 0 saturated carbocycles. The van der Waals surface area contributed by atoms with E-state index in [9.17, 15) is 14.4 Å². The maximum atomic E-state index is 12.8. The lowest BCUT2D eigenvalue weighted by Crippen LogP contribution is -2.59. The van der Waals surface area contributed by atoms with Crippen molar-refractivity contribution in [3.05, 3.63) is 58.9 Å². The fourth-order valence-electron chi connectivity index (χ4n) is 4.13. The second kappa shape index (κ2) is 9.56. The first-order valence-corrected chi connectivity index (χ1v) is 11.1. The Hall–Kier alpha value is -3.13. The third kappa shape index (κ3) is 4.85. The summed E-state index contributed by atoms with van der Waals surface area (Å²) in [5.74, 6) is -0.956. The van der Waals surface area contributed by atoms with Gasteiger partial charge in [0.2, 0.25) is 0 Å². The molecule has 2 aliphatic heterocycles. The van der Waals surface area contributed by atoms with E-state index in [0.717, 1.165) is 11.3 Å². The first-order valence-electron chi connectivity index (χ1n) is 10.7. The summed E-state index contributed by atoms with van der Waals surface area (Å²) in [7, 11) is 0. The molecular formula is C23H26ClN5O3. The van der Waals surface area contributed by atoms with Gasteiger partial charge in [0.15, 0.2) is 0 Å². The van der Waals surface area contributed by atoms with E-state index >= 15 is 0 Å². The van der Waals surface area contributed by atoms with Gasteiger partial charge in [0, 0.05) is 49.1 Å². The summed E-state index contributed by atoms with van der Waals surface area (Å²) in [6.45, 7) is 4.26. The molecule has 2 fully saturated rings. The second-order valence-electron chi connectivity index (χ2n) is 8.16. The maximum absolute atomic E-state index is 12.8. The highest BCUT2D eigenvalue weighted by atomic mass is 35.5. The molecule has 0 radical (unpaired) electrons. The largest absolute Gasteiger partial charge is 0.330 e. The Bertz CT molecular complexity index is 1010. The third-order valence-corrected chi connectivity index (χ3v) is 6.44. The normalized spacial score (nSPS) is 17.6. The van der Waals surface area contributed by atoms with E-state index in [-0.39, 0.29) is 12.1 Å². The second-order valence-corrected chi connectivity index (χ2v) is 8.57. The number of rotatable bonds is 4. The van der Waals surface area contributed by atoms with Crippen LogP contribution >= 0.6 is 11.6 Å². The average Bonchev–Trinajstić information content (AvgIpc) is 2.80. The van der Waals surface area contributed by atoms with Crippen molar-refractivity contribution in [2.75, 3.05) is 31.5 Å². The summed E-state index contributed by atoms with van der Waals surface area (Å²) in [4.78, 5) is 47.2. The van der Waals surface area contributed by atoms with Crippen LogP contribution in [0.2, 0.25) is 5.02 Å². The van der Waals surface area contributed by atoms with E-state index in [1.54, 1.807) is 27.0 Å². The van der Waals surface area contributed by atoms with Gasteiger partial charge in [0.25, 0.3) is 0 Å². The fourth-order valence-corrected chi connectivity index (χ4v) is 4.31. The predicted octanol–water partition coefficient (Wildman–Crippen LogP) is 2.91. The summed E-state index contributed by atoms with van der Waals surface area (Å²) in [6.07, 6.45) is 2.96. The van der Waals surface area contributed by atoms with E-state index < -0.39 is 11.8 Å². The number of piperidine rings is 1. The molecule has 3 heterocycles. The summed E-state index contributed by atoms with van der Waals surface area (Å²) >= 11 is 6.13. The molecule has 1 N–H and O–H groups in total. The van der Waals surface area contributed by atoms with Gasteiger partial charge in [0.05, 0.1) is 12.2 Å². The Kier molecular flexibility index (Phi) is 6.60. The van der Waals surface area contributed by atoms with Crippen LogP contribution in [0.4, 0.5) is 10.5 Å². The van der Waals surface area contributed by atoms with Crippen LogP contribution in [0.1, 0.15) is 24.1 Å². The fraction of sp³-hybridized carbons (Fsp3) is 0.391. The number of benzene rings is 1. The van der Waals surface area contributed by atoms with Gasteiger partial charge in [-0.25, -0.2) is 4.79 Å². The molecule has 0 aliphatic carbocycles. The molecule has 0 atom stereocenters. The minimum absolute atomic E-state index is 0.0404. The zero-order valence-electron chi connectivity index (χ0n) is 18.0. The number of piperazine rings is 1. The lowest BCUT2D eigenvalue weighted by atomic mass is 10.0. The Labute approximate surface area is 192 Å². The summed E-state index contributed by atoms with van der Waals surface area (Å²) in [5, 5.41) is 3.48. The molecule has 4 amide bonds. The van der Waals surface area contributed by atoms with Gasteiger partial charge < -0.3 is 20.0 Å². The Balaban J connectivity index is 1.29. The molecular weight excluding hydrogens is 430 g/mol. The molecule has 8 nitrogen and oxygen atoms in total. The minimum Gasteiger partial charge on any atom is -0.330 e. The van der Waals surface area contributed by atoms with Crippen LogP contribution in [0.25, 0.3) is 0 Å². The molecule has 2 aliphatic rings. The van der Waals surface area contributed by atoms with Crippen LogP contribution in [0.5, 0.6) is 0 Å². The SMILES string of the molecule is Cc1ccc(NC(=O)N2CCC(N3CCN(Cc4ccccn4)C(=O)C3=O)CC2)cc1Cl. The van der Waals surface area contributed by atoms with E-state index in [1.807, 2.05) is 37.3 Å². The van der Waals surface area contributed by atoms with Gasteiger partial charge in [-0.2, -0.15) is 0 Å². The Morgan fingerprint density at radius 3 is 2.56 bits per heavy atom. The number of hydrogen-bond donors (Lipinski definition) is 1. The number of urea groups is 1. The highest BCUT2D eigenvalue weighted by molar-refractivity contribution is 6.35. The van der Waals surface area contributed by atoms with Gasteiger partial charge in [-0.15, -0.1) is 0 Å². The lowest BCUT2D eigenvalue weighted by molar-refractivity contribution is -0.158. The molecule has 1 aromatic carbocycles. The van der Waals surface area contributed by atoms with E-state index in [1.165, 1.54) is 0 Å². The van der Waals surface area contributed by atoms with Gasteiger partial charge in [-0.05, 0) is 49.6 Å². The van der Waals surface area contributed by atoms with Crippen molar-refractivity contribution in [1.29, 1.82) is 0 Å². The highest BCUT2D eigenvalue weighted by Gasteiger charge is 2.38. The number of pyridine rings is 1. The molecule has 168 valence electrons. The quantitative estimate of drug-likeness (QED) is 0.718. The number of carbonyl (C=O) groups excluding carboxylic acids is 3. The van der Waals surface area contributed by atoms with E-state index in [4.69, 9.17) is 11.6 Å². The topological polar surface area (TPSA) is 85.8 Å². The van der Waals surface area contributed by atoms with Crippen LogP contribution < -0.4 is 5.32 Å². The summed E-state index contributed by atoms with van der Waals surface area (Å²) in [5.41, 5.74) is 2.36. The zero-order valence-corrected chi connectivity index (χ0v) is 18.7. The molecule has 4 rings (SSSR count). The minimum atomic E-state index is -0.488. The number of carbonyl (C=O) groups is 3. The molecule has 32 heavy (non-hydrogen) atoms. The third-order valence-electron chi connectivity index (χ3n) is 6.04. The number of nitrogens with one attached hydrogen (secondary N) is 1. The van der Waals surface area contributed by atoms with Crippen LogP contribution in [0.15, 0.2) is 42.6 Å². The molecule has 0 unspecified atom stereocenters. The average molecular weight is 456 g/mol. The number of aromatic nitrogens is 1. The summed E-state index contributed by atoms with van der Waals surface area (Å²) < 4.78 is 0. The Morgan fingerprint density at radius 1 is 1.09 bits per heavy atom. The number of amides is 4. The molecule has 9 heteroatoms. The van der Waals surface area contributed by atoms with Gasteiger partial charge in [0.1, 0.15) is 0 Å². The Morgan fingerprint density at radius 2 is 1.88 bits per heavy atom.